The number of nitrogens with one attached hydrogen (secondary N) is 1. The summed E-state index contributed by atoms with van der Waals surface area (Å²) in [5, 5.41) is 3.29. The van der Waals surface area contributed by atoms with E-state index in [1.807, 2.05) is 4.31 Å². The molecule has 3 fully saturated rings. The molecule has 2 aliphatic heterocycles. The first-order valence-corrected chi connectivity index (χ1v) is 8.32. The first-order valence-electron chi connectivity index (χ1n) is 6.82. The third-order valence-electron chi connectivity index (χ3n) is 4.93. The molecule has 0 aromatic heterocycles. The van der Waals surface area contributed by atoms with Crippen molar-refractivity contribution in [1.82, 2.24) is 9.62 Å². The summed E-state index contributed by atoms with van der Waals surface area (Å²) < 4.78 is 27.0. The van der Waals surface area contributed by atoms with Crippen LogP contribution in [0.4, 0.5) is 0 Å². The predicted octanol–water partition coefficient (Wildman–Crippen LogP) is 0.798. The standard InChI is InChI=1S/C12H22N2O2S/c1-9-12-7-13-6-10(12)8-14(9)17(15,16)11-4-2-3-5-11/h9-13H,2-8H2,1H3. The molecule has 0 aromatic carbocycles. The van der Waals surface area contributed by atoms with Gasteiger partial charge < -0.3 is 5.32 Å². The second kappa shape index (κ2) is 4.21. The highest BCUT2D eigenvalue weighted by Gasteiger charge is 2.48. The number of hydrogen-bond acceptors (Lipinski definition) is 3. The van der Waals surface area contributed by atoms with Crippen LogP contribution in [0.1, 0.15) is 32.6 Å². The van der Waals surface area contributed by atoms with Gasteiger partial charge in [-0.1, -0.05) is 12.8 Å². The minimum absolute atomic E-state index is 0.0864. The molecule has 3 rings (SSSR count). The summed E-state index contributed by atoms with van der Waals surface area (Å²) in [5.41, 5.74) is 0. The predicted molar refractivity (Wildman–Crippen MR) is 67.2 cm³/mol. The van der Waals surface area contributed by atoms with Crippen LogP contribution >= 0.6 is 0 Å². The first-order chi connectivity index (χ1) is 8.10. The lowest BCUT2D eigenvalue weighted by molar-refractivity contribution is 0.355. The van der Waals surface area contributed by atoms with Gasteiger partial charge >= 0.3 is 0 Å². The molecule has 0 bridgehead atoms. The highest BCUT2D eigenvalue weighted by atomic mass is 32.2. The van der Waals surface area contributed by atoms with E-state index in [4.69, 9.17) is 0 Å². The van der Waals surface area contributed by atoms with Gasteiger partial charge in [0.2, 0.25) is 10.0 Å². The van der Waals surface area contributed by atoms with Crippen molar-refractivity contribution in [2.24, 2.45) is 11.8 Å². The van der Waals surface area contributed by atoms with Gasteiger partial charge in [-0.3, -0.25) is 0 Å². The van der Waals surface area contributed by atoms with Crippen LogP contribution in [0.3, 0.4) is 0 Å². The van der Waals surface area contributed by atoms with Crippen LogP contribution in [0, 0.1) is 11.8 Å². The summed E-state index contributed by atoms with van der Waals surface area (Å²) in [6, 6.07) is 0.195. The van der Waals surface area contributed by atoms with E-state index in [1.54, 1.807) is 0 Å². The van der Waals surface area contributed by atoms with Gasteiger partial charge in [0.05, 0.1) is 5.25 Å². The maximum Gasteiger partial charge on any atom is 0.217 e. The minimum Gasteiger partial charge on any atom is -0.316 e. The van der Waals surface area contributed by atoms with E-state index in [2.05, 4.69) is 12.2 Å². The number of nitrogens with zero attached hydrogens (tertiary/aromatic N) is 1. The maximum absolute atomic E-state index is 12.6. The van der Waals surface area contributed by atoms with Crippen molar-refractivity contribution in [2.75, 3.05) is 19.6 Å². The highest BCUT2D eigenvalue weighted by Crippen LogP contribution is 2.37. The Labute approximate surface area is 104 Å². The molecule has 98 valence electrons. The molecule has 3 atom stereocenters. The van der Waals surface area contributed by atoms with E-state index >= 15 is 0 Å². The van der Waals surface area contributed by atoms with E-state index in [-0.39, 0.29) is 11.3 Å². The Morgan fingerprint density at radius 1 is 1.18 bits per heavy atom. The van der Waals surface area contributed by atoms with Crippen molar-refractivity contribution < 1.29 is 8.42 Å². The average molecular weight is 258 g/mol. The molecule has 0 aromatic rings. The molecule has 0 amide bonds. The van der Waals surface area contributed by atoms with Gasteiger partial charge in [0.1, 0.15) is 0 Å². The van der Waals surface area contributed by atoms with Gasteiger partial charge in [-0.2, -0.15) is 4.31 Å². The molecule has 3 unspecified atom stereocenters. The van der Waals surface area contributed by atoms with Crippen LogP contribution < -0.4 is 5.32 Å². The Morgan fingerprint density at radius 2 is 1.88 bits per heavy atom. The lowest BCUT2D eigenvalue weighted by Gasteiger charge is -2.26. The number of sulfonamides is 1. The van der Waals surface area contributed by atoms with Gasteiger partial charge in [-0.05, 0) is 44.7 Å². The summed E-state index contributed by atoms with van der Waals surface area (Å²) in [6.07, 6.45) is 3.92. The summed E-state index contributed by atoms with van der Waals surface area (Å²) in [7, 11) is -3.02. The third kappa shape index (κ3) is 1.83. The summed E-state index contributed by atoms with van der Waals surface area (Å²) >= 11 is 0. The monoisotopic (exact) mass is 258 g/mol. The fourth-order valence-corrected chi connectivity index (χ4v) is 6.17. The van der Waals surface area contributed by atoms with Crippen molar-refractivity contribution in [1.29, 1.82) is 0 Å². The zero-order valence-corrected chi connectivity index (χ0v) is 11.2. The van der Waals surface area contributed by atoms with E-state index < -0.39 is 10.0 Å². The summed E-state index contributed by atoms with van der Waals surface area (Å²) in [6.45, 7) is 4.82. The van der Waals surface area contributed by atoms with Crippen molar-refractivity contribution in [2.45, 2.75) is 43.9 Å². The average Bonchev–Trinajstić information content (AvgIpc) is 2.96. The second-order valence-corrected chi connectivity index (χ2v) is 8.01. The summed E-state index contributed by atoms with van der Waals surface area (Å²) in [5.74, 6) is 1.08. The van der Waals surface area contributed by atoms with Gasteiger partial charge in [0, 0.05) is 12.6 Å². The van der Waals surface area contributed by atoms with Crippen LogP contribution in [0.2, 0.25) is 0 Å². The molecule has 2 heterocycles. The lowest BCUT2D eigenvalue weighted by Crippen LogP contribution is -2.42. The normalized spacial score (nSPS) is 39.9. The smallest absolute Gasteiger partial charge is 0.217 e. The molecule has 4 nitrogen and oxygen atoms in total. The van der Waals surface area contributed by atoms with Crippen molar-refractivity contribution >= 4 is 10.0 Å². The fraction of sp³-hybridized carbons (Fsp3) is 1.00. The molecule has 0 spiro atoms. The van der Waals surface area contributed by atoms with E-state index in [0.29, 0.717) is 11.8 Å². The second-order valence-electron chi connectivity index (χ2n) is 5.84. The molecule has 1 aliphatic carbocycles. The molecule has 5 heteroatoms. The molecular formula is C12H22N2O2S. The number of fused-ring (bicyclic) bond motifs is 1. The Kier molecular flexibility index (Phi) is 2.96. The van der Waals surface area contributed by atoms with E-state index in [0.717, 1.165) is 45.3 Å². The zero-order valence-electron chi connectivity index (χ0n) is 10.4. The van der Waals surface area contributed by atoms with Gasteiger partial charge in [-0.15, -0.1) is 0 Å². The first kappa shape index (κ1) is 11.9. The maximum atomic E-state index is 12.6. The Balaban J connectivity index is 1.80. The Hall–Kier alpha value is -0.130. The summed E-state index contributed by atoms with van der Waals surface area (Å²) in [4.78, 5) is 0. The molecular weight excluding hydrogens is 236 g/mol. The molecule has 1 saturated carbocycles. The van der Waals surface area contributed by atoms with Crippen LogP contribution in [-0.2, 0) is 10.0 Å². The van der Waals surface area contributed by atoms with Crippen LogP contribution in [0.25, 0.3) is 0 Å². The van der Waals surface area contributed by atoms with Crippen LogP contribution in [0.5, 0.6) is 0 Å². The number of hydrogen-bond donors (Lipinski definition) is 1. The van der Waals surface area contributed by atoms with Gasteiger partial charge in [0.25, 0.3) is 0 Å². The van der Waals surface area contributed by atoms with E-state index in [9.17, 15) is 8.42 Å². The Bertz CT molecular complexity index is 389. The zero-order chi connectivity index (χ0) is 12.0. The van der Waals surface area contributed by atoms with Gasteiger partial charge in [-0.25, -0.2) is 8.42 Å². The molecule has 0 radical (unpaired) electrons. The largest absolute Gasteiger partial charge is 0.316 e. The molecule has 2 saturated heterocycles. The molecule has 3 aliphatic rings. The van der Waals surface area contributed by atoms with Crippen molar-refractivity contribution in [3.63, 3.8) is 0 Å². The number of rotatable bonds is 2. The molecule has 1 N–H and O–H groups in total. The van der Waals surface area contributed by atoms with Crippen molar-refractivity contribution in [3.8, 4) is 0 Å². The van der Waals surface area contributed by atoms with E-state index in [1.165, 1.54) is 0 Å². The van der Waals surface area contributed by atoms with Crippen molar-refractivity contribution in [3.05, 3.63) is 0 Å². The van der Waals surface area contributed by atoms with Crippen LogP contribution in [0.15, 0.2) is 0 Å². The third-order valence-corrected chi connectivity index (χ3v) is 7.38. The van der Waals surface area contributed by atoms with Gasteiger partial charge in [0.15, 0.2) is 0 Å². The minimum atomic E-state index is -3.02. The topological polar surface area (TPSA) is 49.4 Å². The Morgan fingerprint density at radius 3 is 2.53 bits per heavy atom. The SMILES string of the molecule is CC1C2CNCC2CN1S(=O)(=O)C1CCCC1. The highest BCUT2D eigenvalue weighted by molar-refractivity contribution is 7.89. The quantitative estimate of drug-likeness (QED) is 0.797. The fourth-order valence-electron chi connectivity index (χ4n) is 3.84. The molecule has 17 heavy (non-hydrogen) atoms. The lowest BCUT2D eigenvalue weighted by atomic mass is 9.95. The van der Waals surface area contributed by atoms with Crippen LogP contribution in [-0.4, -0.2) is 43.6 Å².